The number of thioether (sulfide) groups is 1. The molecular weight excluding hydrogens is 415 g/mol. The molecule has 0 aliphatic carbocycles. The van der Waals surface area contributed by atoms with Crippen LogP contribution in [0.2, 0.25) is 0 Å². The quantitative estimate of drug-likeness (QED) is 0.737. The molecule has 2 aromatic carbocycles. The Morgan fingerprint density at radius 1 is 1.17 bits per heavy atom. The van der Waals surface area contributed by atoms with Crippen molar-refractivity contribution in [3.63, 3.8) is 0 Å². The summed E-state index contributed by atoms with van der Waals surface area (Å²) in [7, 11) is -3.16. The van der Waals surface area contributed by atoms with Gasteiger partial charge in [0.05, 0.1) is 17.5 Å². The minimum Gasteiger partial charge on any atom is -0.481 e. The van der Waals surface area contributed by atoms with Crippen molar-refractivity contribution in [1.29, 1.82) is 0 Å². The maximum atomic E-state index is 13.4. The minimum absolute atomic E-state index is 0.0225. The molecule has 4 rings (SSSR count). The van der Waals surface area contributed by atoms with Crippen molar-refractivity contribution in [3.8, 4) is 5.75 Å². The van der Waals surface area contributed by atoms with Gasteiger partial charge in [0, 0.05) is 10.9 Å². The molecule has 2 saturated heterocycles. The average molecular weight is 435 g/mol. The third kappa shape index (κ3) is 4.30. The lowest BCUT2D eigenvalue weighted by Gasteiger charge is -2.24. The van der Waals surface area contributed by atoms with Crippen LogP contribution in [0.5, 0.6) is 5.75 Å². The molecular formula is C20H19FN2O4S2. The van der Waals surface area contributed by atoms with E-state index in [2.05, 4.69) is 4.99 Å². The second kappa shape index (κ2) is 7.79. The SMILES string of the molecule is C[C@@H](Oc1ccccc1)C(=O)N=C1S[C@H]2CS(=O)(=O)C[C@H]2N1c1ccc(F)cc1. The van der Waals surface area contributed by atoms with Gasteiger partial charge >= 0.3 is 0 Å². The summed E-state index contributed by atoms with van der Waals surface area (Å²) in [4.78, 5) is 18.6. The minimum atomic E-state index is -3.16. The maximum Gasteiger partial charge on any atom is 0.288 e. The number of nitrogens with zero attached hydrogens (tertiary/aromatic N) is 2. The van der Waals surface area contributed by atoms with Crippen molar-refractivity contribution in [2.75, 3.05) is 16.4 Å². The zero-order valence-electron chi connectivity index (χ0n) is 15.6. The number of hydrogen-bond donors (Lipinski definition) is 0. The number of para-hydroxylation sites is 1. The largest absolute Gasteiger partial charge is 0.481 e. The topological polar surface area (TPSA) is 76.0 Å². The van der Waals surface area contributed by atoms with Crippen molar-refractivity contribution < 1.29 is 22.3 Å². The van der Waals surface area contributed by atoms with Crippen molar-refractivity contribution in [2.24, 2.45) is 4.99 Å². The normalized spacial score (nSPS) is 25.0. The van der Waals surface area contributed by atoms with Crippen LogP contribution in [0, 0.1) is 5.82 Å². The molecule has 29 heavy (non-hydrogen) atoms. The monoisotopic (exact) mass is 434 g/mol. The van der Waals surface area contributed by atoms with Gasteiger partial charge in [0.2, 0.25) is 0 Å². The fourth-order valence-electron chi connectivity index (χ4n) is 3.41. The first-order valence-electron chi connectivity index (χ1n) is 9.08. The van der Waals surface area contributed by atoms with Gasteiger partial charge in [-0.15, -0.1) is 0 Å². The van der Waals surface area contributed by atoms with Gasteiger partial charge < -0.3 is 9.64 Å². The zero-order valence-corrected chi connectivity index (χ0v) is 17.2. The van der Waals surface area contributed by atoms with Crippen molar-refractivity contribution >= 4 is 38.4 Å². The van der Waals surface area contributed by atoms with Crippen LogP contribution in [-0.2, 0) is 14.6 Å². The van der Waals surface area contributed by atoms with Crippen molar-refractivity contribution in [2.45, 2.75) is 24.3 Å². The predicted molar refractivity (Wildman–Crippen MR) is 112 cm³/mol. The van der Waals surface area contributed by atoms with Crippen LogP contribution in [0.25, 0.3) is 0 Å². The van der Waals surface area contributed by atoms with Gasteiger partial charge in [-0.3, -0.25) is 4.79 Å². The van der Waals surface area contributed by atoms with E-state index < -0.39 is 27.7 Å². The highest BCUT2D eigenvalue weighted by Crippen LogP contribution is 2.41. The molecule has 2 aliphatic heterocycles. The average Bonchev–Trinajstić information content (AvgIpc) is 3.14. The number of anilines is 1. The summed E-state index contributed by atoms with van der Waals surface area (Å²) < 4.78 is 43.2. The second-order valence-corrected chi connectivity index (χ2v) is 10.3. The fourth-order valence-corrected chi connectivity index (χ4v) is 7.33. The number of amidine groups is 1. The van der Waals surface area contributed by atoms with Crippen LogP contribution in [0.3, 0.4) is 0 Å². The summed E-state index contributed by atoms with van der Waals surface area (Å²) in [6.07, 6.45) is -0.801. The van der Waals surface area contributed by atoms with Gasteiger partial charge in [0.25, 0.3) is 5.91 Å². The van der Waals surface area contributed by atoms with E-state index in [-0.39, 0.29) is 22.8 Å². The number of carbonyl (C=O) groups excluding carboxylic acids is 1. The molecule has 152 valence electrons. The molecule has 6 nitrogen and oxygen atoms in total. The number of carbonyl (C=O) groups is 1. The van der Waals surface area contributed by atoms with Gasteiger partial charge in [0.1, 0.15) is 11.6 Å². The van der Waals surface area contributed by atoms with Gasteiger partial charge in [-0.05, 0) is 43.3 Å². The standard InChI is InChI=1S/C20H19FN2O4S2/c1-13(27-16-5-3-2-4-6-16)19(24)22-20-23(15-9-7-14(21)8-10-15)17-11-29(25,26)12-18(17)28-20/h2-10,13,17-18H,11-12H2,1H3/t13-,17-,18+/m1/s1. The van der Waals surface area contributed by atoms with Gasteiger partial charge in [-0.1, -0.05) is 30.0 Å². The number of amides is 1. The Morgan fingerprint density at radius 3 is 2.55 bits per heavy atom. The summed E-state index contributed by atoms with van der Waals surface area (Å²) in [5.74, 6) is -0.290. The smallest absolute Gasteiger partial charge is 0.288 e. The number of fused-ring (bicyclic) bond motifs is 1. The van der Waals surface area contributed by atoms with Crippen LogP contribution in [0.15, 0.2) is 59.6 Å². The van der Waals surface area contributed by atoms with E-state index in [0.717, 1.165) is 0 Å². The fraction of sp³-hybridized carbons (Fsp3) is 0.300. The van der Waals surface area contributed by atoms with E-state index in [4.69, 9.17) is 4.74 Å². The summed E-state index contributed by atoms with van der Waals surface area (Å²) in [5, 5.41) is 0.192. The lowest BCUT2D eigenvalue weighted by molar-refractivity contribution is -0.123. The lowest BCUT2D eigenvalue weighted by atomic mass is 10.2. The van der Waals surface area contributed by atoms with E-state index in [9.17, 15) is 17.6 Å². The van der Waals surface area contributed by atoms with Crippen LogP contribution in [0.1, 0.15) is 6.92 Å². The number of rotatable bonds is 4. The second-order valence-electron chi connectivity index (χ2n) is 6.95. The number of benzene rings is 2. The summed E-state index contributed by atoms with van der Waals surface area (Å²) in [5.41, 5.74) is 0.603. The summed E-state index contributed by atoms with van der Waals surface area (Å²) in [6.45, 7) is 1.62. The van der Waals surface area contributed by atoms with Crippen molar-refractivity contribution in [1.82, 2.24) is 0 Å². The summed E-state index contributed by atoms with van der Waals surface area (Å²) in [6, 6.07) is 14.4. The molecule has 0 spiro atoms. The molecule has 1 amide bonds. The Labute approximate surface area is 172 Å². The molecule has 2 fully saturated rings. The highest BCUT2D eigenvalue weighted by molar-refractivity contribution is 8.16. The molecule has 2 aliphatic rings. The lowest BCUT2D eigenvalue weighted by Crippen LogP contribution is -2.38. The molecule has 3 atom stereocenters. The Hall–Kier alpha value is -2.39. The number of halogens is 1. The number of ether oxygens (including phenoxy) is 1. The van der Waals surface area contributed by atoms with E-state index in [1.807, 2.05) is 18.2 Å². The predicted octanol–water partition coefficient (Wildman–Crippen LogP) is 2.89. The molecule has 0 unspecified atom stereocenters. The van der Waals surface area contributed by atoms with Gasteiger partial charge in [-0.25, -0.2) is 12.8 Å². The first kappa shape index (κ1) is 19.9. The van der Waals surface area contributed by atoms with Crippen LogP contribution < -0.4 is 9.64 Å². The summed E-state index contributed by atoms with van der Waals surface area (Å²) >= 11 is 1.27. The first-order chi connectivity index (χ1) is 13.8. The number of sulfone groups is 1. The van der Waals surface area contributed by atoms with E-state index in [1.54, 1.807) is 36.1 Å². The maximum absolute atomic E-state index is 13.4. The van der Waals surface area contributed by atoms with E-state index >= 15 is 0 Å². The highest BCUT2D eigenvalue weighted by Gasteiger charge is 2.49. The molecule has 0 N–H and O–H groups in total. The Balaban J connectivity index is 1.60. The van der Waals surface area contributed by atoms with Crippen LogP contribution >= 0.6 is 11.8 Å². The molecule has 0 bridgehead atoms. The van der Waals surface area contributed by atoms with E-state index in [0.29, 0.717) is 16.6 Å². The van der Waals surface area contributed by atoms with Crippen molar-refractivity contribution in [3.05, 3.63) is 60.4 Å². The van der Waals surface area contributed by atoms with Crippen LogP contribution in [0.4, 0.5) is 10.1 Å². The molecule has 0 radical (unpaired) electrons. The molecule has 0 saturated carbocycles. The third-order valence-electron chi connectivity index (χ3n) is 4.78. The van der Waals surface area contributed by atoms with Gasteiger partial charge in [0.15, 0.2) is 21.1 Å². The molecule has 2 heterocycles. The Bertz CT molecular complexity index is 1040. The van der Waals surface area contributed by atoms with E-state index in [1.165, 1.54) is 23.9 Å². The zero-order chi connectivity index (χ0) is 20.6. The van der Waals surface area contributed by atoms with Gasteiger partial charge in [-0.2, -0.15) is 4.99 Å². The number of aliphatic imine (C=N–C) groups is 1. The molecule has 2 aromatic rings. The third-order valence-corrected chi connectivity index (χ3v) is 7.99. The van der Waals surface area contributed by atoms with Crippen LogP contribution in [-0.4, -0.2) is 48.4 Å². The number of hydrogen-bond acceptors (Lipinski definition) is 5. The Morgan fingerprint density at radius 2 is 1.86 bits per heavy atom. The first-order valence-corrected chi connectivity index (χ1v) is 11.8. The molecule has 0 aromatic heterocycles. The molecule has 9 heteroatoms. The highest BCUT2D eigenvalue weighted by atomic mass is 32.2. The Kier molecular flexibility index (Phi) is 5.35.